The lowest BCUT2D eigenvalue weighted by Gasteiger charge is -1.85. The summed E-state index contributed by atoms with van der Waals surface area (Å²) in [6, 6.07) is 0. The van der Waals surface area contributed by atoms with E-state index in [1.807, 2.05) is 0 Å². The van der Waals surface area contributed by atoms with Crippen molar-refractivity contribution in [3.63, 3.8) is 0 Å². The molecule has 0 fully saturated rings. The van der Waals surface area contributed by atoms with Gasteiger partial charge in [0.25, 0.3) is 0 Å². The van der Waals surface area contributed by atoms with Crippen LogP contribution < -0.4 is 0 Å². The highest BCUT2D eigenvalue weighted by Gasteiger charge is 1.95. The van der Waals surface area contributed by atoms with E-state index in [2.05, 4.69) is 25.5 Å². The first-order valence-corrected chi connectivity index (χ1v) is 3.59. The number of hydrogen-bond donors (Lipinski definition) is 1. The van der Waals surface area contributed by atoms with Crippen LogP contribution in [0.25, 0.3) is 0 Å². The number of H-pyrrole nitrogens is 1. The molecule has 2 heteroatoms. The van der Waals surface area contributed by atoms with Crippen LogP contribution in [0.15, 0.2) is 0 Å². The standard InChI is InChI=1S/C6H10NP/c1-4-5(2)7-8-6(4)3/h7H,1-3H3. The van der Waals surface area contributed by atoms with Gasteiger partial charge in [0.1, 0.15) is 0 Å². The highest BCUT2D eigenvalue weighted by Crippen LogP contribution is 2.18. The molecule has 8 heavy (non-hydrogen) atoms. The average molecular weight is 127 g/mol. The molecule has 0 bridgehead atoms. The van der Waals surface area contributed by atoms with Crippen LogP contribution in [0.4, 0.5) is 0 Å². The fourth-order valence-electron chi connectivity index (χ4n) is 0.607. The predicted molar refractivity (Wildman–Crippen MR) is 37.5 cm³/mol. The zero-order chi connectivity index (χ0) is 6.15. The Labute approximate surface area is 51.3 Å². The topological polar surface area (TPSA) is 15.8 Å². The molecule has 0 aliphatic rings. The van der Waals surface area contributed by atoms with Crippen LogP contribution >= 0.6 is 8.35 Å². The van der Waals surface area contributed by atoms with E-state index < -0.39 is 0 Å². The van der Waals surface area contributed by atoms with E-state index in [0.29, 0.717) is 0 Å². The average Bonchev–Trinajstić information content (AvgIpc) is 1.98. The molecular formula is C6H10NP. The Hall–Kier alpha value is -0.290. The van der Waals surface area contributed by atoms with Gasteiger partial charge < -0.3 is 4.75 Å². The third-order valence-corrected chi connectivity index (χ3v) is 2.61. The monoisotopic (exact) mass is 127 g/mol. The molecular weight excluding hydrogens is 117 g/mol. The third-order valence-electron chi connectivity index (χ3n) is 1.50. The first-order chi connectivity index (χ1) is 3.72. The van der Waals surface area contributed by atoms with Crippen molar-refractivity contribution < 1.29 is 0 Å². The maximum atomic E-state index is 3.23. The van der Waals surface area contributed by atoms with E-state index in [1.54, 1.807) is 0 Å². The van der Waals surface area contributed by atoms with Crippen molar-refractivity contribution >= 4 is 8.35 Å². The van der Waals surface area contributed by atoms with Gasteiger partial charge in [-0.05, 0) is 31.6 Å². The van der Waals surface area contributed by atoms with E-state index >= 15 is 0 Å². The Kier molecular flexibility index (Phi) is 1.39. The van der Waals surface area contributed by atoms with Crippen molar-refractivity contribution in [2.45, 2.75) is 20.8 Å². The van der Waals surface area contributed by atoms with Gasteiger partial charge in [-0.15, -0.1) is 0 Å². The Bertz CT molecular complexity index is 171. The number of rotatable bonds is 0. The van der Waals surface area contributed by atoms with Gasteiger partial charge in [-0.3, -0.25) is 0 Å². The van der Waals surface area contributed by atoms with Gasteiger partial charge in [0.05, 0.1) is 0 Å². The highest BCUT2D eigenvalue weighted by atomic mass is 31.0. The molecule has 1 nitrogen and oxygen atoms in total. The van der Waals surface area contributed by atoms with Gasteiger partial charge in [-0.1, -0.05) is 0 Å². The molecule has 44 valence electrons. The van der Waals surface area contributed by atoms with Gasteiger partial charge in [-0.25, -0.2) is 0 Å². The summed E-state index contributed by atoms with van der Waals surface area (Å²) in [6.07, 6.45) is 0. The van der Waals surface area contributed by atoms with Crippen LogP contribution in [0.2, 0.25) is 0 Å². The van der Waals surface area contributed by atoms with Crippen molar-refractivity contribution in [1.82, 2.24) is 4.75 Å². The van der Waals surface area contributed by atoms with E-state index in [4.69, 9.17) is 0 Å². The van der Waals surface area contributed by atoms with Crippen LogP contribution in [-0.4, -0.2) is 4.75 Å². The molecule has 1 N–H and O–H groups in total. The second kappa shape index (κ2) is 1.91. The molecule has 0 aliphatic heterocycles. The smallest absolute Gasteiger partial charge is 0.0189 e. The second-order valence-corrected chi connectivity index (χ2v) is 3.18. The molecule has 0 atom stereocenters. The van der Waals surface area contributed by atoms with Crippen LogP contribution in [0, 0.1) is 20.8 Å². The quantitative estimate of drug-likeness (QED) is 0.551. The number of aromatic nitrogens is 1. The fourth-order valence-corrected chi connectivity index (χ4v) is 1.45. The number of nitrogens with one attached hydrogen (secondary N) is 1. The van der Waals surface area contributed by atoms with E-state index in [-0.39, 0.29) is 0 Å². The Balaban J connectivity index is 3.19. The maximum absolute atomic E-state index is 3.23. The fraction of sp³-hybridized carbons (Fsp3) is 0.500. The third kappa shape index (κ3) is 0.784. The zero-order valence-electron chi connectivity index (χ0n) is 5.45. The summed E-state index contributed by atoms with van der Waals surface area (Å²) in [7, 11) is 1.27. The molecule has 1 aromatic heterocycles. The molecule has 0 aromatic carbocycles. The SMILES string of the molecule is Cc1[nH]pc(C)c1C. The minimum atomic E-state index is 1.27. The van der Waals surface area contributed by atoms with E-state index in [9.17, 15) is 0 Å². The van der Waals surface area contributed by atoms with Crippen molar-refractivity contribution in [3.05, 3.63) is 16.6 Å². The lowest BCUT2D eigenvalue weighted by atomic mass is 10.2. The molecule has 0 aliphatic carbocycles. The van der Waals surface area contributed by atoms with Crippen LogP contribution in [0.5, 0.6) is 0 Å². The first kappa shape index (κ1) is 5.84. The largest absolute Gasteiger partial charge is 0.342 e. The van der Waals surface area contributed by atoms with Crippen LogP contribution in [0.3, 0.4) is 0 Å². The molecule has 0 saturated heterocycles. The first-order valence-electron chi connectivity index (χ1n) is 2.70. The highest BCUT2D eigenvalue weighted by molar-refractivity contribution is 7.26. The molecule has 0 amide bonds. The van der Waals surface area contributed by atoms with Gasteiger partial charge in [0, 0.05) is 14.0 Å². The summed E-state index contributed by atoms with van der Waals surface area (Å²) in [5.41, 5.74) is 2.75. The molecule has 0 unspecified atom stereocenters. The van der Waals surface area contributed by atoms with Crippen LogP contribution in [-0.2, 0) is 0 Å². The zero-order valence-corrected chi connectivity index (χ0v) is 6.34. The van der Waals surface area contributed by atoms with Crippen molar-refractivity contribution in [3.8, 4) is 0 Å². The van der Waals surface area contributed by atoms with Gasteiger partial charge in [0.15, 0.2) is 0 Å². The molecule has 0 radical (unpaired) electrons. The summed E-state index contributed by atoms with van der Waals surface area (Å²) in [4.78, 5) is 0. The summed E-state index contributed by atoms with van der Waals surface area (Å²) in [6.45, 7) is 6.41. The van der Waals surface area contributed by atoms with Crippen molar-refractivity contribution in [2.24, 2.45) is 0 Å². The minimum absolute atomic E-state index is 1.27. The summed E-state index contributed by atoms with van der Waals surface area (Å²) < 4.78 is 3.23. The van der Waals surface area contributed by atoms with Gasteiger partial charge in [-0.2, -0.15) is 0 Å². The Morgan fingerprint density at radius 2 is 1.88 bits per heavy atom. The molecule has 0 saturated carbocycles. The summed E-state index contributed by atoms with van der Waals surface area (Å²) >= 11 is 0. The van der Waals surface area contributed by atoms with Crippen LogP contribution in [0.1, 0.15) is 16.6 Å². The maximum Gasteiger partial charge on any atom is 0.0189 e. The Morgan fingerprint density at radius 1 is 1.25 bits per heavy atom. The lowest BCUT2D eigenvalue weighted by molar-refractivity contribution is 1.26. The predicted octanol–water partition coefficient (Wildman–Crippen LogP) is 2.52. The summed E-state index contributed by atoms with van der Waals surface area (Å²) in [5, 5.41) is 1.45. The lowest BCUT2D eigenvalue weighted by Crippen LogP contribution is -1.72. The normalized spacial score (nSPS) is 10.9. The van der Waals surface area contributed by atoms with E-state index in [1.165, 1.54) is 24.9 Å². The molecule has 1 rings (SSSR count). The minimum Gasteiger partial charge on any atom is -0.342 e. The Morgan fingerprint density at radius 3 is 2.00 bits per heavy atom. The second-order valence-electron chi connectivity index (χ2n) is 2.06. The molecule has 1 heterocycles. The number of aryl methyl sites for hydroxylation is 2. The van der Waals surface area contributed by atoms with Crippen molar-refractivity contribution in [1.29, 1.82) is 0 Å². The van der Waals surface area contributed by atoms with Gasteiger partial charge >= 0.3 is 0 Å². The number of aromatic amines is 1. The van der Waals surface area contributed by atoms with Crippen molar-refractivity contribution in [2.75, 3.05) is 0 Å². The number of hydrogen-bond acceptors (Lipinski definition) is 0. The molecule has 1 aromatic rings. The molecule has 0 spiro atoms. The van der Waals surface area contributed by atoms with E-state index in [0.717, 1.165) is 0 Å². The van der Waals surface area contributed by atoms with Gasteiger partial charge in [0.2, 0.25) is 0 Å². The summed E-state index contributed by atoms with van der Waals surface area (Å²) in [5.74, 6) is 0.